The molecule has 3 aromatic carbocycles. The highest BCUT2D eigenvalue weighted by Gasteiger charge is 2.35. The fourth-order valence-corrected chi connectivity index (χ4v) is 4.29. The van der Waals surface area contributed by atoms with Crippen molar-refractivity contribution < 1.29 is 23.9 Å². The maximum Gasteiger partial charge on any atom is 0.253 e. The number of likely N-dealkylation sites (N-methyl/N-ethyl adjacent to an activating group) is 1. The zero-order valence-electron chi connectivity index (χ0n) is 20.7. The number of fused-ring (bicyclic) bond motifs is 3. The number of hydrogen-bond acceptors (Lipinski definition) is 5. The lowest BCUT2D eigenvalue weighted by atomic mass is 9.95. The van der Waals surface area contributed by atoms with Crippen LogP contribution in [0.4, 0.5) is 5.69 Å². The Morgan fingerprint density at radius 1 is 0.917 bits per heavy atom. The van der Waals surface area contributed by atoms with Crippen molar-refractivity contribution in [2.45, 2.75) is 19.5 Å². The number of methoxy groups -OCH3 is 2. The first kappa shape index (κ1) is 24.8. The van der Waals surface area contributed by atoms with Gasteiger partial charge in [-0.15, -0.1) is 0 Å². The highest BCUT2D eigenvalue weighted by molar-refractivity contribution is 6.07. The van der Waals surface area contributed by atoms with Crippen molar-refractivity contribution in [3.63, 3.8) is 0 Å². The third-order valence-electron chi connectivity index (χ3n) is 6.39. The average Bonchev–Trinajstić information content (AvgIpc) is 3.00. The second-order valence-electron chi connectivity index (χ2n) is 8.57. The summed E-state index contributed by atoms with van der Waals surface area (Å²) in [5.74, 6) is -1.15. The predicted molar refractivity (Wildman–Crippen MR) is 137 cm³/mol. The van der Waals surface area contributed by atoms with Crippen LogP contribution in [0.3, 0.4) is 0 Å². The Morgan fingerprint density at radius 3 is 2.31 bits per heavy atom. The number of para-hydroxylation sites is 1. The first-order valence-corrected chi connectivity index (χ1v) is 11.6. The van der Waals surface area contributed by atoms with E-state index in [9.17, 15) is 14.4 Å². The van der Waals surface area contributed by atoms with Crippen molar-refractivity contribution in [3.05, 3.63) is 77.9 Å². The standard InChI is InChI=1S/C28H29N3O5/c1-17(26(32)29-16-18-13-14-23(35-3)24(15-18)36-4)27(33)30-25-21-11-6-5-9-19(21)20-10-7-8-12-22(20)31(2)28(25)34/h5-15,17,25H,16H2,1-4H3,(H,29,32)(H,30,33)/t17-,25-/m0/s1. The van der Waals surface area contributed by atoms with Gasteiger partial charge in [0.2, 0.25) is 11.8 Å². The Balaban J connectivity index is 1.49. The van der Waals surface area contributed by atoms with Crippen LogP contribution in [0.2, 0.25) is 0 Å². The fourth-order valence-electron chi connectivity index (χ4n) is 4.29. The van der Waals surface area contributed by atoms with Crippen molar-refractivity contribution in [2.75, 3.05) is 26.2 Å². The zero-order valence-corrected chi connectivity index (χ0v) is 20.7. The lowest BCUT2D eigenvalue weighted by molar-refractivity contribution is -0.136. The average molecular weight is 488 g/mol. The van der Waals surface area contributed by atoms with Crippen LogP contribution in [-0.4, -0.2) is 39.0 Å². The van der Waals surface area contributed by atoms with Crippen molar-refractivity contribution in [1.82, 2.24) is 10.6 Å². The van der Waals surface area contributed by atoms with Gasteiger partial charge in [0.1, 0.15) is 12.0 Å². The number of carbonyl (C=O) groups excluding carboxylic acids is 3. The Bertz CT molecular complexity index is 1310. The summed E-state index contributed by atoms with van der Waals surface area (Å²) in [6.07, 6.45) is 0. The van der Waals surface area contributed by atoms with Gasteiger partial charge in [-0.3, -0.25) is 14.4 Å². The molecule has 0 saturated carbocycles. The van der Waals surface area contributed by atoms with E-state index in [1.165, 1.54) is 14.0 Å². The van der Waals surface area contributed by atoms with Gasteiger partial charge in [0.05, 0.1) is 19.9 Å². The molecule has 2 atom stereocenters. The van der Waals surface area contributed by atoms with Crippen LogP contribution >= 0.6 is 0 Å². The van der Waals surface area contributed by atoms with Gasteiger partial charge in [0.25, 0.3) is 5.91 Å². The van der Waals surface area contributed by atoms with Gasteiger partial charge in [-0.2, -0.15) is 0 Å². The molecule has 1 aliphatic heterocycles. The number of anilines is 1. The zero-order chi connectivity index (χ0) is 25.8. The second kappa shape index (κ2) is 10.5. The third-order valence-corrected chi connectivity index (χ3v) is 6.39. The number of nitrogens with zero attached hydrogens (tertiary/aromatic N) is 1. The first-order chi connectivity index (χ1) is 17.3. The van der Waals surface area contributed by atoms with E-state index in [4.69, 9.17) is 9.47 Å². The number of amides is 3. The van der Waals surface area contributed by atoms with Gasteiger partial charge in [-0.05, 0) is 41.8 Å². The fraction of sp³-hybridized carbons (Fsp3) is 0.250. The molecule has 0 unspecified atom stereocenters. The molecule has 0 bridgehead atoms. The number of nitrogens with one attached hydrogen (secondary N) is 2. The van der Waals surface area contributed by atoms with E-state index in [0.717, 1.165) is 22.4 Å². The molecule has 8 nitrogen and oxygen atoms in total. The maximum atomic E-state index is 13.4. The first-order valence-electron chi connectivity index (χ1n) is 11.6. The Hall–Kier alpha value is -4.33. The summed E-state index contributed by atoms with van der Waals surface area (Å²) in [5.41, 5.74) is 4.00. The van der Waals surface area contributed by atoms with Crippen LogP contribution in [0.15, 0.2) is 66.7 Å². The van der Waals surface area contributed by atoms with E-state index in [0.29, 0.717) is 17.1 Å². The SMILES string of the molecule is COc1ccc(CNC(=O)[C@H](C)C(=O)N[C@@H]2C(=O)N(C)c3ccccc3-c3ccccc32)cc1OC. The van der Waals surface area contributed by atoms with E-state index in [-0.39, 0.29) is 12.5 Å². The molecule has 0 aliphatic carbocycles. The van der Waals surface area contributed by atoms with Gasteiger partial charge in [-0.1, -0.05) is 48.5 Å². The van der Waals surface area contributed by atoms with E-state index >= 15 is 0 Å². The second-order valence-corrected chi connectivity index (χ2v) is 8.57. The lowest BCUT2D eigenvalue weighted by Gasteiger charge is -2.24. The molecule has 186 valence electrons. The number of hydrogen-bond donors (Lipinski definition) is 2. The molecule has 2 N–H and O–H groups in total. The summed E-state index contributed by atoms with van der Waals surface area (Å²) < 4.78 is 10.5. The minimum atomic E-state index is -1.01. The van der Waals surface area contributed by atoms with E-state index in [1.54, 1.807) is 37.3 Å². The Kier molecular flexibility index (Phi) is 7.24. The minimum Gasteiger partial charge on any atom is -0.493 e. The molecule has 4 rings (SSSR count). The van der Waals surface area contributed by atoms with Crippen LogP contribution < -0.4 is 25.0 Å². The van der Waals surface area contributed by atoms with E-state index in [1.807, 2.05) is 48.5 Å². The van der Waals surface area contributed by atoms with Gasteiger partial charge in [0, 0.05) is 19.2 Å². The summed E-state index contributed by atoms with van der Waals surface area (Å²) in [6.45, 7) is 1.73. The molecule has 8 heteroatoms. The number of carbonyl (C=O) groups is 3. The summed E-state index contributed by atoms with van der Waals surface area (Å²) in [7, 11) is 4.77. The predicted octanol–water partition coefficient (Wildman–Crippen LogP) is 3.46. The molecule has 36 heavy (non-hydrogen) atoms. The van der Waals surface area contributed by atoms with Crippen molar-refractivity contribution >= 4 is 23.4 Å². The summed E-state index contributed by atoms with van der Waals surface area (Å²) >= 11 is 0. The summed E-state index contributed by atoms with van der Waals surface area (Å²) in [4.78, 5) is 40.9. The smallest absolute Gasteiger partial charge is 0.253 e. The Labute approximate surface area is 210 Å². The van der Waals surface area contributed by atoms with Crippen LogP contribution in [0, 0.1) is 5.92 Å². The van der Waals surface area contributed by atoms with E-state index < -0.39 is 23.8 Å². The van der Waals surface area contributed by atoms with Gasteiger partial charge < -0.3 is 25.0 Å². The molecule has 1 aliphatic rings. The largest absolute Gasteiger partial charge is 0.493 e. The van der Waals surface area contributed by atoms with Gasteiger partial charge >= 0.3 is 0 Å². The highest BCUT2D eigenvalue weighted by atomic mass is 16.5. The normalized spacial score (nSPS) is 15.2. The molecule has 3 aromatic rings. The van der Waals surface area contributed by atoms with Crippen LogP contribution in [-0.2, 0) is 20.9 Å². The molecule has 1 heterocycles. The van der Waals surface area contributed by atoms with Gasteiger partial charge in [-0.25, -0.2) is 0 Å². The molecule has 0 fully saturated rings. The molecule has 0 aromatic heterocycles. The maximum absolute atomic E-state index is 13.4. The molecular formula is C28H29N3O5. The van der Waals surface area contributed by atoms with Gasteiger partial charge in [0.15, 0.2) is 11.5 Å². The summed E-state index contributed by atoms with van der Waals surface area (Å²) in [5, 5.41) is 5.59. The topological polar surface area (TPSA) is 97.0 Å². The van der Waals surface area contributed by atoms with Crippen molar-refractivity contribution in [3.8, 4) is 22.6 Å². The van der Waals surface area contributed by atoms with Crippen molar-refractivity contribution in [2.24, 2.45) is 5.92 Å². The molecular weight excluding hydrogens is 458 g/mol. The molecule has 0 spiro atoms. The summed E-state index contributed by atoms with van der Waals surface area (Å²) in [6, 6.07) is 19.5. The molecule has 0 radical (unpaired) electrons. The van der Waals surface area contributed by atoms with Crippen molar-refractivity contribution in [1.29, 1.82) is 0 Å². The van der Waals surface area contributed by atoms with Crippen LogP contribution in [0.1, 0.15) is 24.1 Å². The highest BCUT2D eigenvalue weighted by Crippen LogP contribution is 2.39. The number of ether oxygens (including phenoxy) is 2. The number of benzene rings is 3. The molecule has 0 saturated heterocycles. The van der Waals surface area contributed by atoms with E-state index in [2.05, 4.69) is 10.6 Å². The minimum absolute atomic E-state index is 0.208. The van der Waals surface area contributed by atoms with Crippen LogP contribution in [0.25, 0.3) is 11.1 Å². The monoisotopic (exact) mass is 487 g/mol. The number of rotatable bonds is 7. The van der Waals surface area contributed by atoms with Crippen LogP contribution in [0.5, 0.6) is 11.5 Å². The lowest BCUT2D eigenvalue weighted by Crippen LogP contribution is -2.45. The third kappa shape index (κ3) is 4.75. The molecule has 3 amide bonds. The quantitative estimate of drug-likeness (QED) is 0.498. The Morgan fingerprint density at radius 2 is 1.58 bits per heavy atom.